The molecule has 2 heterocycles. The maximum atomic E-state index is 12.4. The zero-order valence-corrected chi connectivity index (χ0v) is 12.9. The predicted molar refractivity (Wildman–Crippen MR) is 86.0 cm³/mol. The highest BCUT2D eigenvalue weighted by atomic mass is 16.5. The molecule has 0 spiro atoms. The lowest BCUT2D eigenvalue weighted by atomic mass is 10.2. The lowest BCUT2D eigenvalue weighted by Gasteiger charge is -2.26. The Hall–Kier alpha value is -2.67. The molecule has 3 rings (SSSR count). The number of carbonyl (C=O) groups is 1. The minimum absolute atomic E-state index is 0.300. The summed E-state index contributed by atoms with van der Waals surface area (Å²) in [6.45, 7) is 2.72. The van der Waals surface area contributed by atoms with Crippen LogP contribution in [0.5, 0.6) is 5.75 Å². The largest absolute Gasteiger partial charge is 0.495 e. The van der Waals surface area contributed by atoms with Gasteiger partial charge in [0.05, 0.1) is 26.0 Å². The first kappa shape index (κ1) is 15.2. The third kappa shape index (κ3) is 3.57. The lowest BCUT2D eigenvalue weighted by molar-refractivity contribution is 0.102. The van der Waals surface area contributed by atoms with E-state index in [0.717, 1.165) is 13.1 Å². The molecule has 0 radical (unpaired) electrons. The van der Waals surface area contributed by atoms with Gasteiger partial charge in [-0.15, -0.1) is 0 Å². The smallest absolute Gasteiger partial charge is 0.274 e. The van der Waals surface area contributed by atoms with Gasteiger partial charge in [0.1, 0.15) is 11.4 Å². The summed E-state index contributed by atoms with van der Waals surface area (Å²) < 4.78 is 10.5. The molecule has 0 aliphatic carbocycles. The van der Waals surface area contributed by atoms with Gasteiger partial charge < -0.3 is 19.7 Å². The number of morpholine rings is 1. The molecule has 1 aromatic heterocycles. The average Bonchev–Trinajstić information content (AvgIpc) is 2.63. The van der Waals surface area contributed by atoms with E-state index >= 15 is 0 Å². The summed E-state index contributed by atoms with van der Waals surface area (Å²) in [5, 5.41) is 2.81. The highest BCUT2D eigenvalue weighted by Gasteiger charge is 2.16. The SMILES string of the molecule is COc1ccccc1NC(=O)c1ccnc(N2CCOCC2)n1. The van der Waals surface area contributed by atoms with Gasteiger partial charge in [0.15, 0.2) is 0 Å². The van der Waals surface area contributed by atoms with Crippen molar-refractivity contribution in [2.45, 2.75) is 0 Å². The Bertz CT molecular complexity index is 687. The zero-order chi connectivity index (χ0) is 16.1. The second-order valence-electron chi connectivity index (χ2n) is 5.00. The van der Waals surface area contributed by atoms with Gasteiger partial charge in [-0.05, 0) is 18.2 Å². The zero-order valence-electron chi connectivity index (χ0n) is 12.9. The van der Waals surface area contributed by atoms with Gasteiger partial charge in [-0.25, -0.2) is 9.97 Å². The number of benzene rings is 1. The second kappa shape index (κ2) is 7.06. The summed E-state index contributed by atoms with van der Waals surface area (Å²) in [6, 6.07) is 8.83. The lowest BCUT2D eigenvalue weighted by Crippen LogP contribution is -2.37. The number of hydrogen-bond acceptors (Lipinski definition) is 6. The van der Waals surface area contributed by atoms with Crippen LogP contribution in [0.15, 0.2) is 36.5 Å². The predicted octanol–water partition coefficient (Wildman–Crippen LogP) is 1.57. The van der Waals surface area contributed by atoms with E-state index in [1.54, 1.807) is 31.5 Å². The maximum Gasteiger partial charge on any atom is 0.274 e. The number of nitrogens with one attached hydrogen (secondary N) is 1. The second-order valence-corrected chi connectivity index (χ2v) is 5.00. The van der Waals surface area contributed by atoms with Crippen LogP contribution in [0, 0.1) is 0 Å². The number of nitrogens with zero attached hydrogens (tertiary/aromatic N) is 3. The molecule has 1 aliphatic rings. The number of methoxy groups -OCH3 is 1. The highest BCUT2D eigenvalue weighted by Crippen LogP contribution is 2.23. The Morgan fingerprint density at radius 1 is 1.26 bits per heavy atom. The first-order valence-corrected chi connectivity index (χ1v) is 7.38. The third-order valence-corrected chi connectivity index (χ3v) is 3.52. The molecule has 1 aromatic carbocycles. The fourth-order valence-electron chi connectivity index (χ4n) is 2.32. The van der Waals surface area contributed by atoms with Crippen molar-refractivity contribution >= 4 is 17.5 Å². The molecule has 2 aromatic rings. The number of anilines is 2. The van der Waals surface area contributed by atoms with Crippen molar-refractivity contribution in [3.63, 3.8) is 0 Å². The minimum Gasteiger partial charge on any atom is -0.495 e. The van der Waals surface area contributed by atoms with Crippen LogP contribution < -0.4 is 15.0 Å². The van der Waals surface area contributed by atoms with Gasteiger partial charge in [-0.1, -0.05) is 12.1 Å². The molecule has 1 N–H and O–H groups in total. The third-order valence-electron chi connectivity index (χ3n) is 3.52. The number of carbonyl (C=O) groups excluding carboxylic acids is 1. The Labute approximate surface area is 134 Å². The van der Waals surface area contributed by atoms with Crippen molar-refractivity contribution in [3.05, 3.63) is 42.2 Å². The Kier molecular flexibility index (Phi) is 4.68. The normalized spacial score (nSPS) is 14.4. The molecule has 1 amide bonds. The van der Waals surface area contributed by atoms with E-state index in [2.05, 4.69) is 15.3 Å². The van der Waals surface area contributed by atoms with E-state index in [1.165, 1.54) is 0 Å². The molecule has 1 fully saturated rings. The molecule has 0 bridgehead atoms. The highest BCUT2D eigenvalue weighted by molar-refractivity contribution is 6.03. The van der Waals surface area contributed by atoms with Gasteiger partial charge in [0, 0.05) is 19.3 Å². The molecular weight excluding hydrogens is 296 g/mol. The van der Waals surface area contributed by atoms with Crippen LogP contribution in [0.3, 0.4) is 0 Å². The monoisotopic (exact) mass is 314 g/mol. The molecule has 0 atom stereocenters. The molecule has 23 heavy (non-hydrogen) atoms. The number of para-hydroxylation sites is 2. The van der Waals surface area contributed by atoms with Crippen LogP contribution in [0.25, 0.3) is 0 Å². The first-order chi connectivity index (χ1) is 11.3. The fraction of sp³-hybridized carbons (Fsp3) is 0.312. The van der Waals surface area contributed by atoms with Crippen molar-refractivity contribution in [2.24, 2.45) is 0 Å². The maximum absolute atomic E-state index is 12.4. The standard InChI is InChI=1S/C16H18N4O3/c1-22-14-5-3-2-4-12(14)18-15(21)13-6-7-17-16(19-13)20-8-10-23-11-9-20/h2-7H,8-11H2,1H3,(H,18,21). The number of aromatic nitrogens is 2. The van der Waals surface area contributed by atoms with Crippen molar-refractivity contribution in [3.8, 4) is 5.75 Å². The summed E-state index contributed by atoms with van der Waals surface area (Å²) in [5.74, 6) is 0.843. The number of amides is 1. The topological polar surface area (TPSA) is 76.6 Å². The van der Waals surface area contributed by atoms with Crippen molar-refractivity contribution in [1.82, 2.24) is 9.97 Å². The Balaban J connectivity index is 1.77. The first-order valence-electron chi connectivity index (χ1n) is 7.38. The van der Waals surface area contributed by atoms with E-state index < -0.39 is 0 Å². The molecule has 1 aliphatic heterocycles. The summed E-state index contributed by atoms with van der Waals surface area (Å²) in [7, 11) is 1.56. The quantitative estimate of drug-likeness (QED) is 0.923. The molecule has 120 valence electrons. The van der Waals surface area contributed by atoms with Gasteiger partial charge in [0.25, 0.3) is 5.91 Å². The van der Waals surface area contributed by atoms with Crippen LogP contribution in [0.1, 0.15) is 10.5 Å². The van der Waals surface area contributed by atoms with Gasteiger partial charge >= 0.3 is 0 Å². The van der Waals surface area contributed by atoms with E-state index in [4.69, 9.17) is 9.47 Å². The van der Waals surface area contributed by atoms with E-state index in [0.29, 0.717) is 36.3 Å². The minimum atomic E-state index is -0.300. The molecule has 7 heteroatoms. The number of rotatable bonds is 4. The Morgan fingerprint density at radius 3 is 2.83 bits per heavy atom. The van der Waals surface area contributed by atoms with Crippen LogP contribution in [0.2, 0.25) is 0 Å². The van der Waals surface area contributed by atoms with Gasteiger partial charge in [-0.3, -0.25) is 4.79 Å². The van der Waals surface area contributed by atoms with Crippen LogP contribution in [-0.2, 0) is 4.74 Å². The molecular formula is C16H18N4O3. The van der Waals surface area contributed by atoms with Crippen molar-refractivity contribution in [1.29, 1.82) is 0 Å². The Morgan fingerprint density at radius 2 is 2.04 bits per heavy atom. The van der Waals surface area contributed by atoms with Crippen LogP contribution in [-0.4, -0.2) is 49.3 Å². The van der Waals surface area contributed by atoms with Crippen LogP contribution in [0.4, 0.5) is 11.6 Å². The van der Waals surface area contributed by atoms with E-state index in [1.807, 2.05) is 17.0 Å². The van der Waals surface area contributed by atoms with E-state index in [-0.39, 0.29) is 5.91 Å². The van der Waals surface area contributed by atoms with Crippen molar-refractivity contribution < 1.29 is 14.3 Å². The average molecular weight is 314 g/mol. The summed E-state index contributed by atoms with van der Waals surface area (Å²) in [6.07, 6.45) is 1.59. The molecule has 0 unspecified atom stereocenters. The molecule has 0 saturated carbocycles. The van der Waals surface area contributed by atoms with Crippen LogP contribution >= 0.6 is 0 Å². The molecule has 1 saturated heterocycles. The molecule has 7 nitrogen and oxygen atoms in total. The summed E-state index contributed by atoms with van der Waals surface area (Å²) >= 11 is 0. The fourth-order valence-corrected chi connectivity index (χ4v) is 2.32. The van der Waals surface area contributed by atoms with Gasteiger partial charge in [0.2, 0.25) is 5.95 Å². The van der Waals surface area contributed by atoms with E-state index in [9.17, 15) is 4.79 Å². The van der Waals surface area contributed by atoms with Gasteiger partial charge in [-0.2, -0.15) is 0 Å². The number of ether oxygens (including phenoxy) is 2. The summed E-state index contributed by atoms with van der Waals surface area (Å²) in [5.41, 5.74) is 0.916. The number of hydrogen-bond donors (Lipinski definition) is 1. The van der Waals surface area contributed by atoms with Crippen molar-refractivity contribution in [2.75, 3.05) is 43.6 Å². The summed E-state index contributed by atoms with van der Waals surface area (Å²) in [4.78, 5) is 23.0.